The maximum absolute atomic E-state index is 13.5. The molecule has 0 aliphatic heterocycles. The van der Waals surface area contributed by atoms with Crippen molar-refractivity contribution in [2.45, 2.75) is 38.9 Å². The van der Waals surface area contributed by atoms with Crippen LogP contribution >= 0.6 is 0 Å². The van der Waals surface area contributed by atoms with Crippen LogP contribution in [-0.4, -0.2) is 10.9 Å². The second-order valence-electron chi connectivity index (χ2n) is 5.91. The fourth-order valence-corrected chi connectivity index (χ4v) is 2.68. The van der Waals surface area contributed by atoms with Gasteiger partial charge < -0.3 is 5.73 Å². The Bertz CT molecular complexity index is 635. The van der Waals surface area contributed by atoms with Gasteiger partial charge in [-0.2, -0.15) is 0 Å². The van der Waals surface area contributed by atoms with Crippen molar-refractivity contribution < 1.29 is 4.39 Å². The molecular formula is C18H21FN2. The van der Waals surface area contributed by atoms with Crippen molar-refractivity contribution in [2.75, 3.05) is 5.73 Å². The van der Waals surface area contributed by atoms with Gasteiger partial charge in [-0.15, -0.1) is 0 Å². The molecule has 21 heavy (non-hydrogen) atoms. The van der Waals surface area contributed by atoms with Crippen LogP contribution in [0.25, 0.3) is 0 Å². The van der Waals surface area contributed by atoms with E-state index in [1.165, 1.54) is 18.9 Å². The average Bonchev–Trinajstić information content (AvgIpc) is 3.29. The van der Waals surface area contributed by atoms with Gasteiger partial charge in [0.25, 0.3) is 0 Å². The van der Waals surface area contributed by atoms with Crippen LogP contribution in [0.15, 0.2) is 42.5 Å². The second-order valence-corrected chi connectivity index (χ2v) is 5.91. The molecule has 1 aliphatic carbocycles. The van der Waals surface area contributed by atoms with Gasteiger partial charge in [0.15, 0.2) is 0 Å². The van der Waals surface area contributed by atoms with Crippen LogP contribution in [0, 0.1) is 12.7 Å². The normalized spacial score (nSPS) is 14.6. The molecule has 3 rings (SSSR count). The Balaban J connectivity index is 1.79. The van der Waals surface area contributed by atoms with Gasteiger partial charge in [-0.05, 0) is 54.7 Å². The first kappa shape index (κ1) is 14.1. The van der Waals surface area contributed by atoms with Gasteiger partial charge in [-0.25, -0.2) is 4.39 Å². The van der Waals surface area contributed by atoms with Crippen molar-refractivity contribution in [2.24, 2.45) is 0 Å². The minimum Gasteiger partial charge on any atom is -0.398 e. The third kappa shape index (κ3) is 3.42. The summed E-state index contributed by atoms with van der Waals surface area (Å²) < 4.78 is 13.5. The Kier molecular flexibility index (Phi) is 3.93. The van der Waals surface area contributed by atoms with Gasteiger partial charge >= 0.3 is 0 Å². The van der Waals surface area contributed by atoms with Gasteiger partial charge in [-0.3, -0.25) is 4.90 Å². The lowest BCUT2D eigenvalue weighted by Crippen LogP contribution is -2.26. The van der Waals surface area contributed by atoms with Gasteiger partial charge in [-0.1, -0.05) is 24.3 Å². The summed E-state index contributed by atoms with van der Waals surface area (Å²) in [5.41, 5.74) is 10.2. The van der Waals surface area contributed by atoms with Crippen LogP contribution in [0.2, 0.25) is 0 Å². The number of para-hydroxylation sites is 1. The third-order valence-electron chi connectivity index (χ3n) is 4.18. The molecule has 0 atom stereocenters. The Morgan fingerprint density at radius 3 is 2.52 bits per heavy atom. The topological polar surface area (TPSA) is 29.3 Å². The lowest BCUT2D eigenvalue weighted by atomic mass is 10.1. The maximum Gasteiger partial charge on any atom is 0.123 e. The Morgan fingerprint density at radius 2 is 1.81 bits per heavy atom. The average molecular weight is 284 g/mol. The molecule has 1 aliphatic rings. The standard InChI is InChI=1S/C18H21FN2/c1-13-6-7-16(19)10-15(13)12-21(17-8-9-17)11-14-4-2-3-5-18(14)20/h2-7,10,17H,8-9,11-12,20H2,1H3. The number of anilines is 1. The molecule has 0 spiro atoms. The summed E-state index contributed by atoms with van der Waals surface area (Å²) in [7, 11) is 0. The number of rotatable bonds is 5. The maximum atomic E-state index is 13.5. The van der Waals surface area contributed by atoms with Gasteiger partial charge in [0, 0.05) is 24.8 Å². The van der Waals surface area contributed by atoms with Crippen LogP contribution in [0.3, 0.4) is 0 Å². The number of nitrogen functional groups attached to an aromatic ring is 1. The number of nitrogens with two attached hydrogens (primary N) is 1. The first-order chi connectivity index (χ1) is 10.1. The Hall–Kier alpha value is -1.87. The smallest absolute Gasteiger partial charge is 0.123 e. The van der Waals surface area contributed by atoms with E-state index in [1.54, 1.807) is 6.07 Å². The highest BCUT2D eigenvalue weighted by Crippen LogP contribution is 2.31. The molecule has 0 amide bonds. The number of aryl methyl sites for hydroxylation is 1. The SMILES string of the molecule is Cc1ccc(F)cc1CN(Cc1ccccc1N)C1CC1. The van der Waals surface area contributed by atoms with Crippen molar-refractivity contribution in [3.63, 3.8) is 0 Å². The summed E-state index contributed by atoms with van der Waals surface area (Å²) in [5.74, 6) is -0.162. The van der Waals surface area contributed by atoms with E-state index in [4.69, 9.17) is 5.73 Å². The fourth-order valence-electron chi connectivity index (χ4n) is 2.68. The van der Waals surface area contributed by atoms with E-state index in [0.717, 1.165) is 35.5 Å². The number of hydrogen-bond acceptors (Lipinski definition) is 2. The molecule has 3 heteroatoms. The highest BCUT2D eigenvalue weighted by atomic mass is 19.1. The second kappa shape index (κ2) is 5.86. The fraction of sp³-hybridized carbons (Fsp3) is 0.333. The minimum absolute atomic E-state index is 0.162. The van der Waals surface area contributed by atoms with E-state index in [2.05, 4.69) is 11.0 Å². The van der Waals surface area contributed by atoms with Crippen molar-refractivity contribution >= 4 is 5.69 Å². The summed E-state index contributed by atoms with van der Waals surface area (Å²) in [4.78, 5) is 2.41. The van der Waals surface area contributed by atoms with E-state index >= 15 is 0 Å². The summed E-state index contributed by atoms with van der Waals surface area (Å²) in [6, 6.07) is 13.6. The molecule has 0 saturated heterocycles. The Morgan fingerprint density at radius 1 is 1.10 bits per heavy atom. The largest absolute Gasteiger partial charge is 0.398 e. The summed E-state index contributed by atoms with van der Waals surface area (Å²) >= 11 is 0. The number of benzene rings is 2. The number of halogens is 1. The van der Waals surface area contributed by atoms with Gasteiger partial charge in [0.1, 0.15) is 5.82 Å². The third-order valence-corrected chi connectivity index (χ3v) is 4.18. The van der Waals surface area contributed by atoms with Crippen LogP contribution in [0.5, 0.6) is 0 Å². The summed E-state index contributed by atoms with van der Waals surface area (Å²) in [5, 5.41) is 0. The molecule has 2 aromatic rings. The summed E-state index contributed by atoms with van der Waals surface area (Å²) in [6.45, 7) is 3.65. The quantitative estimate of drug-likeness (QED) is 0.844. The summed E-state index contributed by atoms with van der Waals surface area (Å²) in [6.07, 6.45) is 2.45. The zero-order valence-electron chi connectivity index (χ0n) is 12.3. The van der Waals surface area contributed by atoms with E-state index in [9.17, 15) is 4.39 Å². The molecule has 1 fully saturated rings. The molecule has 1 saturated carbocycles. The molecule has 0 unspecified atom stereocenters. The molecule has 110 valence electrons. The number of nitrogens with zero attached hydrogens (tertiary/aromatic N) is 1. The minimum atomic E-state index is -0.162. The van der Waals surface area contributed by atoms with Crippen LogP contribution in [0.4, 0.5) is 10.1 Å². The van der Waals surface area contributed by atoms with Gasteiger partial charge in [0.05, 0.1) is 0 Å². The Labute approximate surface area is 125 Å². The van der Waals surface area contributed by atoms with Crippen LogP contribution in [0.1, 0.15) is 29.5 Å². The van der Waals surface area contributed by atoms with Crippen molar-refractivity contribution in [3.05, 3.63) is 65.0 Å². The van der Waals surface area contributed by atoms with Crippen LogP contribution < -0.4 is 5.73 Å². The van der Waals surface area contributed by atoms with E-state index in [0.29, 0.717) is 6.04 Å². The first-order valence-electron chi connectivity index (χ1n) is 7.46. The monoisotopic (exact) mass is 284 g/mol. The molecular weight excluding hydrogens is 263 g/mol. The predicted octanol–water partition coefficient (Wildman–Crippen LogP) is 3.88. The molecule has 2 aromatic carbocycles. The predicted molar refractivity (Wildman–Crippen MR) is 84.3 cm³/mol. The molecule has 0 radical (unpaired) electrons. The van der Waals surface area contributed by atoms with E-state index < -0.39 is 0 Å². The molecule has 0 heterocycles. The lowest BCUT2D eigenvalue weighted by molar-refractivity contribution is 0.245. The first-order valence-corrected chi connectivity index (χ1v) is 7.46. The van der Waals surface area contributed by atoms with Crippen molar-refractivity contribution in [3.8, 4) is 0 Å². The van der Waals surface area contributed by atoms with E-state index in [-0.39, 0.29) is 5.82 Å². The zero-order chi connectivity index (χ0) is 14.8. The molecule has 2 N–H and O–H groups in total. The molecule has 0 aromatic heterocycles. The van der Waals surface area contributed by atoms with Gasteiger partial charge in [0.2, 0.25) is 0 Å². The highest BCUT2D eigenvalue weighted by Gasteiger charge is 2.29. The molecule has 0 bridgehead atoms. The van der Waals surface area contributed by atoms with Crippen molar-refractivity contribution in [1.82, 2.24) is 4.90 Å². The molecule has 2 nitrogen and oxygen atoms in total. The number of hydrogen-bond donors (Lipinski definition) is 1. The highest BCUT2D eigenvalue weighted by molar-refractivity contribution is 5.46. The zero-order valence-corrected chi connectivity index (χ0v) is 12.3. The van der Waals surface area contributed by atoms with Crippen molar-refractivity contribution in [1.29, 1.82) is 0 Å². The van der Waals surface area contributed by atoms with E-state index in [1.807, 2.05) is 31.2 Å². The van der Waals surface area contributed by atoms with Crippen LogP contribution in [-0.2, 0) is 13.1 Å². The lowest BCUT2D eigenvalue weighted by Gasteiger charge is -2.24.